The first-order valence-corrected chi connectivity index (χ1v) is 10.6. The van der Waals surface area contributed by atoms with Crippen LogP contribution in [0.25, 0.3) is 0 Å². The van der Waals surface area contributed by atoms with Crippen molar-refractivity contribution in [1.29, 1.82) is 0 Å². The second-order valence-corrected chi connectivity index (χ2v) is 7.89. The number of carbonyl (C=O) groups is 1. The molecule has 1 aliphatic heterocycles. The van der Waals surface area contributed by atoms with E-state index in [1.165, 1.54) is 19.3 Å². The number of nitrogens with zero attached hydrogens (tertiary/aromatic N) is 1. The Hall–Kier alpha value is -2.78. The summed E-state index contributed by atoms with van der Waals surface area (Å²) in [6.45, 7) is 2.01. The highest BCUT2D eigenvalue weighted by Gasteiger charge is 2.24. The average Bonchev–Trinajstić information content (AvgIpc) is 2.76. The van der Waals surface area contributed by atoms with Gasteiger partial charge in [-0.2, -0.15) is 0 Å². The summed E-state index contributed by atoms with van der Waals surface area (Å²) in [5.41, 5.74) is 3.76. The van der Waals surface area contributed by atoms with Gasteiger partial charge in [0.2, 0.25) is 5.91 Å². The maximum absolute atomic E-state index is 13.5. The van der Waals surface area contributed by atoms with Gasteiger partial charge in [-0.05, 0) is 48.6 Å². The van der Waals surface area contributed by atoms with Gasteiger partial charge in [0.25, 0.3) is 0 Å². The number of halogens is 1. The number of hydrogen-bond donors (Lipinski definition) is 1. The molecule has 0 aromatic heterocycles. The van der Waals surface area contributed by atoms with E-state index in [9.17, 15) is 4.79 Å². The molecule has 0 spiro atoms. The summed E-state index contributed by atoms with van der Waals surface area (Å²) in [7, 11) is 0. The molecule has 0 atom stereocenters. The summed E-state index contributed by atoms with van der Waals surface area (Å²) in [5, 5.41) is 3.80. The highest BCUT2D eigenvalue weighted by Crippen LogP contribution is 2.33. The zero-order valence-electron chi connectivity index (χ0n) is 16.4. The van der Waals surface area contributed by atoms with Crippen molar-refractivity contribution in [3.8, 4) is 0 Å². The van der Waals surface area contributed by atoms with Gasteiger partial charge >= 0.3 is 0 Å². The zero-order valence-corrected chi connectivity index (χ0v) is 17.1. The van der Waals surface area contributed by atoms with Crippen LogP contribution in [0.5, 0.6) is 0 Å². The maximum Gasteiger partial charge on any atom is 0.236 e. The van der Waals surface area contributed by atoms with Crippen molar-refractivity contribution in [2.24, 2.45) is 0 Å². The largest absolute Gasteiger partial charge is 0.370 e. The van der Waals surface area contributed by atoms with Gasteiger partial charge < -0.3 is 10.2 Å². The van der Waals surface area contributed by atoms with E-state index in [1.54, 1.807) is 0 Å². The molecule has 29 heavy (non-hydrogen) atoms. The number of rotatable bonds is 5. The Kier molecular flexibility index (Phi) is 6.16. The van der Waals surface area contributed by atoms with Gasteiger partial charge in [0, 0.05) is 18.1 Å². The van der Waals surface area contributed by atoms with Crippen LogP contribution in [0.2, 0.25) is 5.02 Å². The highest BCUT2D eigenvalue weighted by atomic mass is 35.5. The van der Waals surface area contributed by atoms with Crippen LogP contribution >= 0.6 is 11.6 Å². The van der Waals surface area contributed by atoms with Crippen LogP contribution in [0.3, 0.4) is 0 Å². The number of amides is 1. The van der Waals surface area contributed by atoms with Crippen molar-refractivity contribution in [3.63, 3.8) is 0 Å². The van der Waals surface area contributed by atoms with Crippen molar-refractivity contribution < 1.29 is 4.79 Å². The first-order chi connectivity index (χ1) is 14.2. The third kappa shape index (κ3) is 4.63. The summed E-state index contributed by atoms with van der Waals surface area (Å²) in [4.78, 5) is 15.8. The van der Waals surface area contributed by atoms with Crippen LogP contribution in [-0.2, 0) is 4.79 Å². The summed E-state index contributed by atoms with van der Waals surface area (Å²) in [6, 6.07) is 25.6. The number of benzene rings is 3. The standard InChI is InChI=1S/C25H25ClN2O/c26-21-14-15-23(28-16-8-3-9-17-28)22(18-21)27-25(29)24(19-10-4-1-5-11-19)20-12-6-2-7-13-20/h1-2,4-7,10-15,18,24H,3,8-9,16-17H2,(H,27,29). The van der Waals surface area contributed by atoms with Crippen molar-refractivity contribution >= 4 is 28.9 Å². The molecule has 4 rings (SSSR count). The fourth-order valence-corrected chi connectivity index (χ4v) is 4.18. The highest BCUT2D eigenvalue weighted by molar-refractivity contribution is 6.31. The van der Waals surface area contributed by atoms with Crippen molar-refractivity contribution in [3.05, 3.63) is 95.0 Å². The van der Waals surface area contributed by atoms with E-state index in [4.69, 9.17) is 11.6 Å². The molecule has 0 radical (unpaired) electrons. The second kappa shape index (κ2) is 9.15. The average molecular weight is 405 g/mol. The third-order valence-corrected chi connectivity index (χ3v) is 5.68. The minimum atomic E-state index is -0.384. The van der Waals surface area contributed by atoms with Gasteiger partial charge in [-0.25, -0.2) is 0 Å². The van der Waals surface area contributed by atoms with Gasteiger partial charge in [-0.1, -0.05) is 72.3 Å². The van der Waals surface area contributed by atoms with E-state index >= 15 is 0 Å². The second-order valence-electron chi connectivity index (χ2n) is 7.45. The van der Waals surface area contributed by atoms with Gasteiger partial charge in [0.15, 0.2) is 0 Å². The minimum absolute atomic E-state index is 0.0528. The SMILES string of the molecule is O=C(Nc1cc(Cl)ccc1N1CCCCC1)C(c1ccccc1)c1ccccc1. The molecule has 0 unspecified atom stereocenters. The van der Waals surface area contributed by atoms with Crippen molar-refractivity contribution in [1.82, 2.24) is 0 Å². The molecule has 1 N–H and O–H groups in total. The molecule has 4 heteroatoms. The minimum Gasteiger partial charge on any atom is -0.370 e. The number of hydrogen-bond acceptors (Lipinski definition) is 2. The lowest BCUT2D eigenvalue weighted by molar-refractivity contribution is -0.116. The Labute approximate surface area is 177 Å². The van der Waals surface area contributed by atoms with Gasteiger partial charge in [0.1, 0.15) is 0 Å². The quantitative estimate of drug-likeness (QED) is 0.557. The van der Waals surface area contributed by atoms with E-state index in [0.717, 1.165) is 35.6 Å². The van der Waals surface area contributed by atoms with E-state index in [2.05, 4.69) is 10.2 Å². The fourth-order valence-electron chi connectivity index (χ4n) is 4.01. The van der Waals surface area contributed by atoms with E-state index in [1.807, 2.05) is 78.9 Å². The fraction of sp³-hybridized carbons (Fsp3) is 0.240. The Morgan fingerprint density at radius 3 is 2.00 bits per heavy atom. The lowest BCUT2D eigenvalue weighted by Crippen LogP contribution is -2.31. The monoisotopic (exact) mass is 404 g/mol. The Morgan fingerprint density at radius 2 is 1.41 bits per heavy atom. The Bertz CT molecular complexity index is 914. The van der Waals surface area contributed by atoms with Crippen LogP contribution in [0.1, 0.15) is 36.3 Å². The zero-order chi connectivity index (χ0) is 20.1. The van der Waals surface area contributed by atoms with E-state index in [-0.39, 0.29) is 11.8 Å². The molecular formula is C25H25ClN2O. The maximum atomic E-state index is 13.5. The summed E-state index contributed by atoms with van der Waals surface area (Å²) < 4.78 is 0. The number of piperidine rings is 1. The third-order valence-electron chi connectivity index (χ3n) is 5.44. The number of nitrogens with one attached hydrogen (secondary N) is 1. The molecular weight excluding hydrogens is 380 g/mol. The normalized spacial score (nSPS) is 14.1. The Morgan fingerprint density at radius 1 is 0.828 bits per heavy atom. The summed E-state index contributed by atoms with van der Waals surface area (Å²) >= 11 is 6.28. The van der Waals surface area contributed by atoms with Crippen LogP contribution in [-0.4, -0.2) is 19.0 Å². The summed E-state index contributed by atoms with van der Waals surface area (Å²) in [6.07, 6.45) is 3.61. The molecule has 1 amide bonds. The molecule has 1 fully saturated rings. The molecule has 3 nitrogen and oxygen atoms in total. The van der Waals surface area contributed by atoms with Crippen LogP contribution in [0.15, 0.2) is 78.9 Å². The van der Waals surface area contributed by atoms with Gasteiger partial charge in [-0.3, -0.25) is 4.79 Å². The van der Waals surface area contributed by atoms with Crippen molar-refractivity contribution in [2.75, 3.05) is 23.3 Å². The predicted octanol–water partition coefficient (Wildman–Crippen LogP) is 6.10. The molecule has 0 bridgehead atoms. The summed E-state index contributed by atoms with van der Waals surface area (Å²) in [5.74, 6) is -0.437. The van der Waals surface area contributed by atoms with E-state index < -0.39 is 0 Å². The number of carbonyl (C=O) groups excluding carboxylic acids is 1. The van der Waals surface area contributed by atoms with Crippen molar-refractivity contribution in [2.45, 2.75) is 25.2 Å². The van der Waals surface area contributed by atoms with E-state index in [0.29, 0.717) is 5.02 Å². The topological polar surface area (TPSA) is 32.3 Å². The Balaban J connectivity index is 1.67. The molecule has 3 aromatic rings. The molecule has 148 valence electrons. The molecule has 1 saturated heterocycles. The first kappa shape index (κ1) is 19.5. The molecule has 3 aromatic carbocycles. The smallest absolute Gasteiger partial charge is 0.236 e. The lowest BCUT2D eigenvalue weighted by Gasteiger charge is -2.31. The van der Waals surface area contributed by atoms with Crippen LogP contribution < -0.4 is 10.2 Å². The molecule has 0 saturated carbocycles. The first-order valence-electron chi connectivity index (χ1n) is 10.2. The van der Waals surface area contributed by atoms with Gasteiger partial charge in [-0.15, -0.1) is 0 Å². The molecule has 1 aliphatic rings. The van der Waals surface area contributed by atoms with Crippen LogP contribution in [0, 0.1) is 0 Å². The molecule has 0 aliphatic carbocycles. The predicted molar refractivity (Wildman–Crippen MR) is 121 cm³/mol. The van der Waals surface area contributed by atoms with Gasteiger partial charge in [0.05, 0.1) is 17.3 Å². The number of anilines is 2. The molecule has 1 heterocycles. The lowest BCUT2D eigenvalue weighted by atomic mass is 9.90. The van der Waals surface area contributed by atoms with Crippen LogP contribution in [0.4, 0.5) is 11.4 Å².